The Morgan fingerprint density at radius 2 is 2.25 bits per heavy atom. The van der Waals surface area contributed by atoms with Crippen LogP contribution in [0.5, 0.6) is 0 Å². The number of nitrogens with zero attached hydrogens (tertiary/aromatic N) is 3. The molecule has 5 nitrogen and oxygen atoms in total. The Morgan fingerprint density at radius 3 is 2.95 bits per heavy atom. The number of pyridine rings is 1. The maximum absolute atomic E-state index is 12.1. The highest BCUT2D eigenvalue weighted by Gasteiger charge is 2.12. The zero-order chi connectivity index (χ0) is 14.4. The van der Waals surface area contributed by atoms with Gasteiger partial charge in [0.1, 0.15) is 5.69 Å². The summed E-state index contributed by atoms with van der Waals surface area (Å²) in [5, 5.41) is 7.25. The monoisotopic (exact) mass is 272 g/mol. The average molecular weight is 272 g/mol. The molecular weight excluding hydrogens is 252 g/mol. The number of carbonyl (C=O) groups is 1. The Hall–Kier alpha value is -2.17. The number of aryl methyl sites for hydroxylation is 2. The third-order valence-electron chi connectivity index (χ3n) is 3.09. The van der Waals surface area contributed by atoms with Crippen LogP contribution in [0.25, 0.3) is 0 Å². The quantitative estimate of drug-likeness (QED) is 0.871. The lowest BCUT2D eigenvalue weighted by atomic mass is 10.2. The van der Waals surface area contributed by atoms with Crippen molar-refractivity contribution in [3.8, 4) is 0 Å². The van der Waals surface area contributed by atoms with E-state index in [1.807, 2.05) is 24.4 Å². The molecule has 5 heteroatoms. The standard InChI is InChI=1S/C15H20N4O/c1-3-5-13-10-14(19(2)18-13)15(20)17-9-7-12-6-4-8-16-11-12/h4,6,8,10-11H,3,5,7,9H2,1-2H3,(H,17,20). The van der Waals surface area contributed by atoms with Gasteiger partial charge in [-0.2, -0.15) is 5.10 Å². The van der Waals surface area contributed by atoms with E-state index in [2.05, 4.69) is 22.3 Å². The fraction of sp³-hybridized carbons (Fsp3) is 0.400. The molecule has 0 aliphatic rings. The van der Waals surface area contributed by atoms with Crippen molar-refractivity contribution in [3.63, 3.8) is 0 Å². The minimum Gasteiger partial charge on any atom is -0.350 e. The molecule has 0 fully saturated rings. The van der Waals surface area contributed by atoms with Crippen molar-refractivity contribution in [1.82, 2.24) is 20.1 Å². The topological polar surface area (TPSA) is 59.8 Å². The molecule has 0 unspecified atom stereocenters. The van der Waals surface area contributed by atoms with E-state index in [-0.39, 0.29) is 5.91 Å². The van der Waals surface area contributed by atoms with E-state index in [0.29, 0.717) is 12.2 Å². The Morgan fingerprint density at radius 1 is 1.40 bits per heavy atom. The Balaban J connectivity index is 1.88. The zero-order valence-electron chi connectivity index (χ0n) is 12.0. The molecule has 0 saturated carbocycles. The first kappa shape index (κ1) is 14.2. The van der Waals surface area contributed by atoms with Crippen molar-refractivity contribution in [3.05, 3.63) is 47.5 Å². The summed E-state index contributed by atoms with van der Waals surface area (Å²) in [5.74, 6) is -0.0776. The number of aromatic nitrogens is 3. The predicted molar refractivity (Wildman–Crippen MR) is 77.5 cm³/mol. The van der Waals surface area contributed by atoms with Crippen molar-refractivity contribution in [1.29, 1.82) is 0 Å². The van der Waals surface area contributed by atoms with Crippen LogP contribution in [0.2, 0.25) is 0 Å². The highest BCUT2D eigenvalue weighted by Crippen LogP contribution is 2.05. The van der Waals surface area contributed by atoms with E-state index in [4.69, 9.17) is 0 Å². The number of hydrogen-bond acceptors (Lipinski definition) is 3. The summed E-state index contributed by atoms with van der Waals surface area (Å²) in [6.45, 7) is 2.70. The van der Waals surface area contributed by atoms with Gasteiger partial charge >= 0.3 is 0 Å². The van der Waals surface area contributed by atoms with Crippen LogP contribution in [-0.4, -0.2) is 27.2 Å². The van der Waals surface area contributed by atoms with Gasteiger partial charge in [0.2, 0.25) is 0 Å². The molecule has 0 saturated heterocycles. The molecule has 20 heavy (non-hydrogen) atoms. The molecule has 0 aromatic carbocycles. The molecule has 0 spiro atoms. The first-order valence-electron chi connectivity index (χ1n) is 6.90. The summed E-state index contributed by atoms with van der Waals surface area (Å²) in [6, 6.07) is 5.76. The summed E-state index contributed by atoms with van der Waals surface area (Å²) >= 11 is 0. The van der Waals surface area contributed by atoms with Gasteiger partial charge in [-0.15, -0.1) is 0 Å². The summed E-state index contributed by atoms with van der Waals surface area (Å²) in [7, 11) is 1.80. The summed E-state index contributed by atoms with van der Waals surface area (Å²) < 4.78 is 1.64. The van der Waals surface area contributed by atoms with Crippen LogP contribution in [0.3, 0.4) is 0 Å². The molecule has 0 radical (unpaired) electrons. The fourth-order valence-electron chi connectivity index (χ4n) is 2.07. The van der Waals surface area contributed by atoms with Crippen molar-refractivity contribution in [2.45, 2.75) is 26.2 Å². The van der Waals surface area contributed by atoms with Gasteiger partial charge < -0.3 is 5.32 Å². The molecule has 0 atom stereocenters. The minimum atomic E-state index is -0.0776. The molecule has 1 amide bonds. The summed E-state index contributed by atoms with van der Waals surface area (Å²) in [6.07, 6.45) is 6.26. The molecule has 0 aliphatic carbocycles. The third kappa shape index (κ3) is 3.66. The lowest BCUT2D eigenvalue weighted by Crippen LogP contribution is -2.27. The maximum atomic E-state index is 12.1. The van der Waals surface area contributed by atoms with Gasteiger partial charge in [0, 0.05) is 26.0 Å². The van der Waals surface area contributed by atoms with Gasteiger partial charge in [0.15, 0.2) is 0 Å². The van der Waals surface area contributed by atoms with E-state index in [1.54, 1.807) is 17.9 Å². The van der Waals surface area contributed by atoms with Crippen molar-refractivity contribution in [2.75, 3.05) is 6.54 Å². The van der Waals surface area contributed by atoms with Crippen LogP contribution in [0, 0.1) is 0 Å². The summed E-state index contributed by atoms with van der Waals surface area (Å²) in [4.78, 5) is 16.1. The smallest absolute Gasteiger partial charge is 0.269 e. The molecule has 1 N–H and O–H groups in total. The zero-order valence-corrected chi connectivity index (χ0v) is 12.0. The highest BCUT2D eigenvalue weighted by atomic mass is 16.2. The van der Waals surface area contributed by atoms with Crippen LogP contribution >= 0.6 is 0 Å². The van der Waals surface area contributed by atoms with Gasteiger partial charge in [0.25, 0.3) is 5.91 Å². The minimum absolute atomic E-state index is 0.0776. The molecule has 2 aromatic heterocycles. The van der Waals surface area contributed by atoms with Gasteiger partial charge in [-0.3, -0.25) is 14.5 Å². The first-order chi connectivity index (χ1) is 9.70. The van der Waals surface area contributed by atoms with Crippen molar-refractivity contribution in [2.24, 2.45) is 7.05 Å². The van der Waals surface area contributed by atoms with Crippen LogP contribution in [0.1, 0.15) is 35.1 Å². The highest BCUT2D eigenvalue weighted by molar-refractivity contribution is 5.92. The second kappa shape index (κ2) is 6.84. The first-order valence-corrected chi connectivity index (χ1v) is 6.90. The van der Waals surface area contributed by atoms with Gasteiger partial charge in [-0.05, 0) is 30.5 Å². The maximum Gasteiger partial charge on any atom is 0.269 e. The number of carbonyl (C=O) groups excluding carboxylic acids is 1. The van der Waals surface area contributed by atoms with E-state index in [1.165, 1.54) is 0 Å². The Kier molecular flexibility index (Phi) is 4.87. The van der Waals surface area contributed by atoms with Crippen LogP contribution in [-0.2, 0) is 19.9 Å². The number of nitrogens with one attached hydrogen (secondary N) is 1. The normalized spacial score (nSPS) is 10.5. The van der Waals surface area contributed by atoms with Crippen molar-refractivity contribution < 1.29 is 4.79 Å². The van der Waals surface area contributed by atoms with Crippen molar-refractivity contribution >= 4 is 5.91 Å². The second-order valence-electron chi connectivity index (χ2n) is 4.76. The SMILES string of the molecule is CCCc1cc(C(=O)NCCc2cccnc2)n(C)n1. The average Bonchev–Trinajstić information content (AvgIpc) is 2.81. The number of hydrogen-bond donors (Lipinski definition) is 1. The molecule has 2 aromatic rings. The van der Waals surface area contributed by atoms with Gasteiger partial charge in [-0.1, -0.05) is 19.4 Å². The molecular formula is C15H20N4O. The van der Waals surface area contributed by atoms with Crippen LogP contribution < -0.4 is 5.32 Å². The largest absolute Gasteiger partial charge is 0.350 e. The molecule has 0 aliphatic heterocycles. The van der Waals surface area contributed by atoms with E-state index >= 15 is 0 Å². The van der Waals surface area contributed by atoms with E-state index < -0.39 is 0 Å². The lowest BCUT2D eigenvalue weighted by molar-refractivity contribution is 0.0944. The Bertz CT molecular complexity index is 563. The van der Waals surface area contributed by atoms with Gasteiger partial charge in [-0.25, -0.2) is 0 Å². The third-order valence-corrected chi connectivity index (χ3v) is 3.09. The van der Waals surface area contributed by atoms with Gasteiger partial charge in [0.05, 0.1) is 5.69 Å². The van der Waals surface area contributed by atoms with Crippen LogP contribution in [0.4, 0.5) is 0 Å². The van der Waals surface area contributed by atoms with E-state index in [9.17, 15) is 4.79 Å². The predicted octanol–water partition coefficient (Wildman–Crippen LogP) is 1.74. The molecule has 2 rings (SSSR count). The number of rotatable bonds is 6. The fourth-order valence-corrected chi connectivity index (χ4v) is 2.07. The Labute approximate surface area is 119 Å². The molecule has 106 valence electrons. The molecule has 0 bridgehead atoms. The lowest BCUT2D eigenvalue weighted by Gasteiger charge is -2.05. The second-order valence-corrected chi connectivity index (χ2v) is 4.76. The molecule has 2 heterocycles. The number of amides is 1. The summed E-state index contributed by atoms with van der Waals surface area (Å²) in [5.41, 5.74) is 2.69. The van der Waals surface area contributed by atoms with E-state index in [0.717, 1.165) is 30.5 Å². The van der Waals surface area contributed by atoms with Crippen LogP contribution in [0.15, 0.2) is 30.6 Å².